The molecule has 11 rings (SSSR count). The molecule has 0 bridgehead atoms. The van der Waals surface area contributed by atoms with Gasteiger partial charge in [-0.25, -0.2) is 13.6 Å². The van der Waals surface area contributed by atoms with Crippen LogP contribution >= 0.6 is 0 Å². The number of unbranched alkanes of at least 4 members (excludes halogenated alkanes) is 1. The maximum absolute atomic E-state index is 18.2. The van der Waals surface area contributed by atoms with Crippen LogP contribution in [0.2, 0.25) is 0 Å². The number of hydrazine groups is 2. The van der Waals surface area contributed by atoms with Crippen LogP contribution in [0.3, 0.4) is 0 Å². The SMILES string of the molecule is CCCC1O[C@@H]2C[C@H]3[C@@H]4C[C@H](F)C5=CC(=O)C=C[C@]5(C)[C@@]4(F)[C@@H](O)C[C@]3(C)[C@]2(C(=O)COc2ccc(NC(=O)[C@H](CCCNC(N)=O)NC(=O)[C@@H](NC(=O)[C@@H](CCCCNC(=O)COC3CCCCCC4=C3NNN4CCOCCOCCOCCOCCC(=O)NCCS(=O)(=O)O)NC(=O)CCOCCOCCOCCOCCNC(=O)CCC(=O)N3Cc4ccccc4C#Cc4ccccc43)C(C)C)cc2)O1. The number of nitrogens with zero attached hydrogens (tertiary/aromatic N) is 2. The van der Waals surface area contributed by atoms with Gasteiger partial charge in [-0.05, 0) is 162 Å². The molecule has 3 heterocycles. The number of para-hydroxylation sites is 1. The molecule has 3 saturated carbocycles. The van der Waals surface area contributed by atoms with Crippen molar-refractivity contribution >= 4 is 86.3 Å². The highest BCUT2D eigenvalue weighted by molar-refractivity contribution is 7.85. The van der Waals surface area contributed by atoms with Crippen LogP contribution in [0.25, 0.3) is 0 Å². The molecule has 3 aromatic carbocycles. The second-order valence-corrected chi connectivity index (χ2v) is 39.2. The van der Waals surface area contributed by atoms with E-state index in [1.165, 1.54) is 43.3 Å². The number of alkyl halides is 2. The van der Waals surface area contributed by atoms with E-state index >= 15 is 13.6 Å². The second kappa shape index (κ2) is 56.4. The molecule has 3 aliphatic heterocycles. The molecule has 0 spiro atoms. The van der Waals surface area contributed by atoms with E-state index in [0.717, 1.165) is 59.8 Å². The van der Waals surface area contributed by atoms with Crippen LogP contribution in [0, 0.1) is 40.4 Å². The number of halogens is 2. The van der Waals surface area contributed by atoms with E-state index in [4.69, 9.17) is 67.1 Å². The van der Waals surface area contributed by atoms with Gasteiger partial charge in [0.1, 0.15) is 49.4 Å². The molecular weight excluding hydrogens is 1900 g/mol. The molecule has 5 aliphatic carbocycles. The van der Waals surface area contributed by atoms with Crippen molar-refractivity contribution in [2.24, 2.45) is 34.3 Å². The lowest BCUT2D eigenvalue weighted by Gasteiger charge is -2.63. The van der Waals surface area contributed by atoms with E-state index in [9.17, 15) is 61.5 Å². The van der Waals surface area contributed by atoms with Gasteiger partial charge in [0.2, 0.25) is 53.0 Å². The second-order valence-electron chi connectivity index (χ2n) is 37.6. The fourth-order valence-electron chi connectivity index (χ4n) is 19.9. The predicted molar refractivity (Wildman–Crippen MR) is 522 cm³/mol. The average molecular weight is 2040 g/mol. The van der Waals surface area contributed by atoms with E-state index in [2.05, 4.69) is 65.3 Å². The molecule has 2 unspecified atom stereocenters. The van der Waals surface area contributed by atoms with Crippen molar-refractivity contribution in [1.82, 2.24) is 53.2 Å². The predicted octanol–water partition coefficient (Wildman–Crippen LogP) is 5.27. The molecule has 40 nitrogen and oxygen atoms in total. The van der Waals surface area contributed by atoms with Gasteiger partial charge in [0, 0.05) is 85.4 Å². The minimum atomic E-state index is -4.16. The fraction of sp³-hybridized carbons (Fsp3) is 0.634. The van der Waals surface area contributed by atoms with Crippen LogP contribution in [0.5, 0.6) is 5.75 Å². The molecule has 794 valence electrons. The summed E-state index contributed by atoms with van der Waals surface area (Å²) in [5, 5.41) is 35.9. The zero-order valence-corrected chi connectivity index (χ0v) is 83.7. The summed E-state index contributed by atoms with van der Waals surface area (Å²) in [7, 11) is -4.16. The lowest BCUT2D eigenvalue weighted by atomic mass is 9.44. The van der Waals surface area contributed by atoms with E-state index in [1.807, 2.05) is 60.5 Å². The van der Waals surface area contributed by atoms with E-state index < -0.39 is 158 Å². The minimum absolute atomic E-state index is 0.00311. The van der Waals surface area contributed by atoms with Gasteiger partial charge in [0.15, 0.2) is 23.3 Å². The number of nitrogens with one attached hydrogen (secondary N) is 10. The Balaban J connectivity index is 0.630. The first-order chi connectivity index (χ1) is 69.2. The van der Waals surface area contributed by atoms with Crippen LogP contribution < -0.4 is 68.9 Å². The summed E-state index contributed by atoms with van der Waals surface area (Å²) >= 11 is 0. The topological polar surface area (TPSA) is 526 Å². The first-order valence-electron chi connectivity index (χ1n) is 50.1. The highest BCUT2D eigenvalue weighted by Gasteiger charge is 2.80. The highest BCUT2D eigenvalue weighted by Crippen LogP contribution is 2.72. The van der Waals surface area contributed by atoms with E-state index in [0.29, 0.717) is 83.9 Å². The smallest absolute Gasteiger partial charge is 0.312 e. The Bertz CT molecular complexity index is 5110. The van der Waals surface area contributed by atoms with Crippen LogP contribution in [-0.2, 0) is 117 Å². The van der Waals surface area contributed by atoms with Gasteiger partial charge in [0.05, 0.1) is 154 Å². The van der Waals surface area contributed by atoms with E-state index in [-0.39, 0.29) is 204 Å². The molecule has 0 radical (unpaired) electrons. The Kier molecular flexibility index (Phi) is 44.6. The summed E-state index contributed by atoms with van der Waals surface area (Å²) in [6, 6.07) is 16.5. The third-order valence-electron chi connectivity index (χ3n) is 27.3. The summed E-state index contributed by atoms with van der Waals surface area (Å²) in [5.74, 6) is -1.40. The Morgan fingerprint density at radius 1 is 0.646 bits per heavy atom. The molecule has 43 heteroatoms. The van der Waals surface area contributed by atoms with Gasteiger partial charge in [-0.2, -0.15) is 8.42 Å². The number of nitrogens with two attached hydrogens (primary N) is 1. The van der Waals surface area contributed by atoms with Gasteiger partial charge >= 0.3 is 6.03 Å². The number of aliphatic hydroxyl groups is 1. The van der Waals surface area contributed by atoms with Crippen LogP contribution in [-0.4, -0.2) is 306 Å². The molecular formula is C101H143F2N13O27S. The van der Waals surface area contributed by atoms with Gasteiger partial charge in [-0.15, -0.1) is 5.53 Å². The first kappa shape index (κ1) is 114. The normalized spacial score (nSPS) is 23.5. The summed E-state index contributed by atoms with van der Waals surface area (Å²) < 4.78 is 136. The monoisotopic (exact) mass is 2040 g/mol. The number of urea groups is 1. The molecule has 4 fully saturated rings. The number of anilines is 2. The molecule has 1 saturated heterocycles. The number of aliphatic hydroxyl groups excluding tert-OH is 1. The number of ether oxygens (including phenoxy) is 12. The number of allylic oxidation sites excluding steroid dienone is 5. The Morgan fingerprint density at radius 2 is 1.26 bits per heavy atom. The summed E-state index contributed by atoms with van der Waals surface area (Å²) in [4.78, 5) is 150. The van der Waals surface area contributed by atoms with Crippen molar-refractivity contribution in [2.45, 2.75) is 223 Å². The zero-order valence-electron chi connectivity index (χ0n) is 82.9. The fourth-order valence-corrected chi connectivity index (χ4v) is 20.2. The van der Waals surface area contributed by atoms with Crippen molar-refractivity contribution in [1.29, 1.82) is 0 Å². The van der Waals surface area contributed by atoms with Crippen molar-refractivity contribution in [2.75, 3.05) is 168 Å². The number of ketones is 2. The highest BCUT2D eigenvalue weighted by atomic mass is 32.2. The number of hydrogen-bond donors (Lipinski definition) is 13. The van der Waals surface area contributed by atoms with Crippen LogP contribution in [0.1, 0.15) is 173 Å². The molecule has 10 amide bonds. The molecule has 14 N–H and O–H groups in total. The summed E-state index contributed by atoms with van der Waals surface area (Å²) in [5.41, 5.74) is 10.0. The van der Waals surface area contributed by atoms with Gasteiger partial charge < -0.3 is 121 Å². The number of benzene rings is 3. The number of primary amides is 1. The van der Waals surface area contributed by atoms with Crippen molar-refractivity contribution in [3.8, 4) is 17.6 Å². The van der Waals surface area contributed by atoms with Gasteiger partial charge in [-0.3, -0.25) is 57.5 Å². The maximum Gasteiger partial charge on any atom is 0.312 e. The lowest BCUT2D eigenvalue weighted by molar-refractivity contribution is -0.234. The Morgan fingerprint density at radius 3 is 1.94 bits per heavy atom. The number of hydrogen-bond acceptors (Lipinski definition) is 29. The summed E-state index contributed by atoms with van der Waals surface area (Å²) in [6.07, 6.45) is 3.58. The quantitative estimate of drug-likeness (QED) is 0.0194. The third kappa shape index (κ3) is 32.0. The van der Waals surface area contributed by atoms with E-state index in [1.54, 1.807) is 25.7 Å². The zero-order chi connectivity index (χ0) is 103. The third-order valence-corrected chi connectivity index (χ3v) is 28.0. The van der Waals surface area contributed by atoms with Crippen LogP contribution in [0.15, 0.2) is 108 Å². The van der Waals surface area contributed by atoms with Crippen molar-refractivity contribution < 1.29 is 136 Å². The molecule has 14 atom stereocenters. The maximum atomic E-state index is 18.2. The number of carbonyl (C=O) groups excluding carboxylic acids is 11. The first-order valence-corrected chi connectivity index (χ1v) is 51.7. The molecule has 0 aromatic heterocycles. The molecule has 3 aromatic rings. The number of amides is 10. The van der Waals surface area contributed by atoms with Crippen LogP contribution in [0.4, 0.5) is 25.0 Å². The molecule has 8 aliphatic rings. The average Bonchev–Trinajstić information content (AvgIpc) is 1.48. The standard InChI is InChI=1S/C101H143F2N13O27S/c1-6-17-91-142-85-62-74-75-61-77(102)76-60-72(117)34-37-98(76,4)100(75,103)83(118)63-99(74,5)101(85,143-91)84(119)65-140-73-30-28-71(29-31-73)109-94(125)79(22-16-39-108-97(104)128)111-96(127)92(67(2)3)112-95(126)78(110-88(122)36-44-133-48-52-137-55-57-138-53-49-134-45-40-106-86(120)32-33-90(124)115-64-70-20-11-10-18-68(70)26-27-69-19-12-13-23-80(69)115)21-14-15-38-105-89(123)66-141-82-25-9-7-8-24-81-93(82)113-114-116(81)42-46-135-50-54-139-58-56-136-51-47-132-43-35-87(121)107-41-59-144(129,130)131/h10-13,18-20,23,28-31,34,37,60,67,74-75,77-79,82-83,85,91-92,113-114,118H,6-9,14-17,21-22,24-25,32-33,35-36,38-59,61-66H2,1-5H3,(H,105,123)(H,106,120)(H,107,121)(H,109,125)(H,110,122)(H,111,127)(H,112,126)(H3,104,108,128)(H,129,130,131)/t74-,75-,77-,78+,79-,82?,83-,85+,91?,92-,98-,99-,100-,101+/m0/s1. The summed E-state index contributed by atoms with van der Waals surface area (Å²) in [6.45, 7) is 12.5. The Hall–Kier alpha value is -10.5. The largest absolute Gasteiger partial charge is 0.486 e. The number of Topliss-reactive ketones (excluding diaryl/α,β-unsaturated/α-hetero) is 1. The Labute approximate surface area is 839 Å². The van der Waals surface area contributed by atoms with Crippen molar-refractivity contribution in [3.05, 3.63) is 125 Å². The minimum Gasteiger partial charge on any atom is -0.486 e. The number of rotatable bonds is 62. The van der Waals surface area contributed by atoms with Gasteiger partial charge in [0.25, 0.3) is 10.1 Å². The number of fused-ring (bicyclic) bond motifs is 9. The molecule has 144 heavy (non-hydrogen) atoms. The van der Waals surface area contributed by atoms with Crippen molar-refractivity contribution in [3.63, 3.8) is 0 Å². The van der Waals surface area contributed by atoms with Gasteiger partial charge in [-0.1, -0.05) is 95.2 Å². The lowest BCUT2D eigenvalue weighted by Crippen LogP contribution is -2.71. The number of carbonyl (C=O) groups is 11.